The van der Waals surface area contributed by atoms with Crippen LogP contribution < -0.4 is 25.5 Å². The topological polar surface area (TPSA) is 106 Å². The van der Waals surface area contributed by atoms with Crippen LogP contribution in [0.25, 0.3) is 0 Å². The van der Waals surface area contributed by atoms with Crippen LogP contribution in [-0.2, 0) is 0 Å². The Hall–Kier alpha value is -4.30. The Balaban J connectivity index is 1.68. The van der Waals surface area contributed by atoms with Crippen molar-refractivity contribution in [3.63, 3.8) is 0 Å². The van der Waals surface area contributed by atoms with Crippen molar-refractivity contribution in [1.82, 2.24) is 15.0 Å². The van der Waals surface area contributed by atoms with E-state index in [4.69, 9.17) is 0 Å². The molecular formula is C20H17F6N7O2. The van der Waals surface area contributed by atoms with Gasteiger partial charge in [0.2, 0.25) is 17.8 Å². The Bertz CT molecular complexity index is 1140. The molecule has 0 spiro atoms. The van der Waals surface area contributed by atoms with Crippen molar-refractivity contribution in [2.24, 2.45) is 5.10 Å². The highest BCUT2D eigenvalue weighted by atomic mass is 19.4. The number of ether oxygens (including phenoxy) is 2. The smallest absolute Gasteiger partial charge is 0.406 e. The molecule has 1 heterocycles. The highest BCUT2D eigenvalue weighted by Crippen LogP contribution is 2.25. The predicted octanol–water partition coefficient (Wildman–Crippen LogP) is 5.29. The van der Waals surface area contributed by atoms with Crippen LogP contribution in [0.1, 0.15) is 12.5 Å². The van der Waals surface area contributed by atoms with E-state index >= 15 is 0 Å². The molecule has 0 saturated heterocycles. The normalized spacial score (nSPS) is 11.9. The number of aromatic nitrogens is 3. The lowest BCUT2D eigenvalue weighted by Gasteiger charge is -2.11. The number of anilines is 4. The molecule has 0 atom stereocenters. The molecule has 3 aromatic rings. The van der Waals surface area contributed by atoms with E-state index in [0.717, 1.165) is 24.3 Å². The number of hydrogen-bond acceptors (Lipinski definition) is 9. The minimum absolute atomic E-state index is 0.0174. The molecule has 0 aliphatic rings. The fourth-order valence-electron chi connectivity index (χ4n) is 2.51. The fourth-order valence-corrected chi connectivity index (χ4v) is 2.51. The maximum absolute atomic E-state index is 12.3. The highest BCUT2D eigenvalue weighted by molar-refractivity contribution is 5.80. The van der Waals surface area contributed by atoms with Crippen LogP contribution in [0, 0.1) is 0 Å². The molecule has 0 saturated carbocycles. The first-order chi connectivity index (χ1) is 16.5. The van der Waals surface area contributed by atoms with E-state index in [1.807, 2.05) is 6.92 Å². The van der Waals surface area contributed by atoms with Crippen LogP contribution in [0.3, 0.4) is 0 Å². The maximum Gasteiger partial charge on any atom is 0.573 e. The number of nitrogens with one attached hydrogen (secondary N) is 3. The average Bonchev–Trinajstić information content (AvgIpc) is 2.74. The average molecular weight is 501 g/mol. The second-order valence-electron chi connectivity index (χ2n) is 6.52. The summed E-state index contributed by atoms with van der Waals surface area (Å²) in [6.45, 7) is 2.30. The third-order valence-corrected chi connectivity index (χ3v) is 3.81. The van der Waals surface area contributed by atoms with Gasteiger partial charge >= 0.3 is 12.7 Å². The molecule has 1 aromatic heterocycles. The van der Waals surface area contributed by atoms with E-state index in [9.17, 15) is 26.3 Å². The van der Waals surface area contributed by atoms with Crippen molar-refractivity contribution in [3.05, 3.63) is 54.1 Å². The summed E-state index contributed by atoms with van der Waals surface area (Å²) in [5.41, 5.74) is 3.42. The Kier molecular flexibility index (Phi) is 7.78. The standard InChI is InChI=1S/C20H17F6N7O2/c1-2-27-16-30-17(29-13-5-9-15(10-6-13)35-20(24,25)26)32-18(31-16)33-28-11-12-3-7-14(8-4-12)34-19(21,22)23/h3-11H,2H2,1H3,(H3,27,29,30,31,32,33)/b28-11+. The van der Waals surface area contributed by atoms with Crippen molar-refractivity contribution in [2.45, 2.75) is 19.6 Å². The SMILES string of the molecule is CCNc1nc(N/N=C/c2ccc(OC(F)(F)F)cc2)nc(Nc2ccc(OC(F)(F)F)cc2)n1. The molecule has 0 aliphatic carbocycles. The second kappa shape index (κ2) is 10.8. The van der Waals surface area contributed by atoms with Gasteiger partial charge in [-0.2, -0.15) is 20.1 Å². The molecule has 186 valence electrons. The van der Waals surface area contributed by atoms with Gasteiger partial charge in [0.25, 0.3) is 0 Å². The number of hydrogen-bond donors (Lipinski definition) is 3. The molecule has 3 N–H and O–H groups in total. The van der Waals surface area contributed by atoms with Gasteiger partial charge in [-0.1, -0.05) is 0 Å². The van der Waals surface area contributed by atoms with Gasteiger partial charge in [-0.15, -0.1) is 26.3 Å². The molecule has 9 nitrogen and oxygen atoms in total. The molecule has 0 bridgehead atoms. The van der Waals surface area contributed by atoms with Crippen molar-refractivity contribution < 1.29 is 35.8 Å². The largest absolute Gasteiger partial charge is 0.573 e. The molecule has 0 radical (unpaired) electrons. The van der Waals surface area contributed by atoms with Gasteiger partial charge in [-0.3, -0.25) is 0 Å². The van der Waals surface area contributed by atoms with E-state index in [-0.39, 0.29) is 29.3 Å². The molecule has 0 aliphatic heterocycles. The number of halogens is 6. The van der Waals surface area contributed by atoms with Gasteiger partial charge in [0.15, 0.2) is 0 Å². The van der Waals surface area contributed by atoms with Crippen LogP contribution in [0.2, 0.25) is 0 Å². The number of rotatable bonds is 9. The lowest BCUT2D eigenvalue weighted by molar-refractivity contribution is -0.275. The lowest BCUT2D eigenvalue weighted by Crippen LogP contribution is -2.17. The summed E-state index contributed by atoms with van der Waals surface area (Å²) < 4.78 is 81.2. The molecule has 3 rings (SSSR count). The van der Waals surface area contributed by atoms with Gasteiger partial charge < -0.3 is 20.1 Å². The van der Waals surface area contributed by atoms with Crippen LogP contribution in [0.15, 0.2) is 53.6 Å². The van der Waals surface area contributed by atoms with Crippen molar-refractivity contribution in [1.29, 1.82) is 0 Å². The van der Waals surface area contributed by atoms with Gasteiger partial charge in [-0.25, -0.2) is 5.43 Å². The number of nitrogens with zero attached hydrogens (tertiary/aromatic N) is 4. The van der Waals surface area contributed by atoms with Crippen molar-refractivity contribution in [3.8, 4) is 11.5 Å². The van der Waals surface area contributed by atoms with Crippen LogP contribution in [0.4, 0.5) is 49.9 Å². The zero-order chi connectivity index (χ0) is 25.5. The van der Waals surface area contributed by atoms with Crippen LogP contribution in [-0.4, -0.2) is 40.4 Å². The van der Waals surface area contributed by atoms with E-state index < -0.39 is 12.7 Å². The zero-order valence-corrected chi connectivity index (χ0v) is 17.8. The highest BCUT2D eigenvalue weighted by Gasteiger charge is 2.31. The summed E-state index contributed by atoms with van der Waals surface area (Å²) in [4.78, 5) is 12.4. The summed E-state index contributed by atoms with van der Waals surface area (Å²) in [6.07, 6.45) is -8.27. The second-order valence-corrected chi connectivity index (χ2v) is 6.52. The van der Waals surface area contributed by atoms with Crippen LogP contribution >= 0.6 is 0 Å². The first-order valence-corrected chi connectivity index (χ1v) is 9.77. The molecular weight excluding hydrogens is 484 g/mol. The van der Waals surface area contributed by atoms with E-state index in [0.29, 0.717) is 17.8 Å². The Morgan fingerprint density at radius 2 is 1.29 bits per heavy atom. The maximum atomic E-state index is 12.3. The summed E-state index contributed by atoms with van der Waals surface area (Å²) in [7, 11) is 0. The summed E-state index contributed by atoms with van der Waals surface area (Å²) in [5, 5.41) is 9.67. The van der Waals surface area contributed by atoms with Gasteiger partial charge in [0, 0.05) is 12.2 Å². The Morgan fingerprint density at radius 3 is 1.83 bits per heavy atom. The minimum atomic E-state index is -4.80. The third kappa shape index (κ3) is 8.87. The molecule has 0 amide bonds. The third-order valence-electron chi connectivity index (χ3n) is 3.81. The van der Waals surface area contributed by atoms with E-state index in [1.54, 1.807) is 0 Å². The van der Waals surface area contributed by atoms with Crippen molar-refractivity contribution in [2.75, 3.05) is 22.6 Å². The number of alkyl halides is 6. The first kappa shape index (κ1) is 25.3. The molecule has 0 fully saturated rings. The van der Waals surface area contributed by atoms with Crippen molar-refractivity contribution >= 4 is 29.7 Å². The minimum Gasteiger partial charge on any atom is -0.406 e. The molecule has 15 heteroatoms. The fraction of sp³-hybridized carbons (Fsp3) is 0.200. The molecule has 35 heavy (non-hydrogen) atoms. The number of benzene rings is 2. The quantitative estimate of drug-likeness (QED) is 0.206. The summed E-state index contributed by atoms with van der Waals surface area (Å²) in [5.74, 6) is -0.491. The lowest BCUT2D eigenvalue weighted by atomic mass is 10.2. The summed E-state index contributed by atoms with van der Waals surface area (Å²) >= 11 is 0. The van der Waals surface area contributed by atoms with E-state index in [1.165, 1.54) is 30.5 Å². The van der Waals surface area contributed by atoms with Gasteiger partial charge in [0.05, 0.1) is 6.21 Å². The first-order valence-electron chi connectivity index (χ1n) is 9.77. The van der Waals surface area contributed by atoms with E-state index in [2.05, 4.69) is 45.6 Å². The van der Waals surface area contributed by atoms with Crippen LogP contribution in [0.5, 0.6) is 11.5 Å². The zero-order valence-electron chi connectivity index (χ0n) is 17.8. The number of hydrazone groups is 1. The monoisotopic (exact) mass is 501 g/mol. The molecule has 0 unspecified atom stereocenters. The predicted molar refractivity (Wildman–Crippen MR) is 115 cm³/mol. The molecule has 2 aromatic carbocycles. The Labute approximate surface area is 194 Å². The van der Waals surface area contributed by atoms with Gasteiger partial charge in [-0.05, 0) is 61.0 Å². The summed E-state index contributed by atoms with van der Waals surface area (Å²) in [6, 6.07) is 9.92. The van der Waals surface area contributed by atoms with Gasteiger partial charge in [0.1, 0.15) is 11.5 Å². The Morgan fingerprint density at radius 1 is 0.771 bits per heavy atom.